The van der Waals surface area contributed by atoms with Gasteiger partial charge in [-0.1, -0.05) is 36.0 Å². The van der Waals surface area contributed by atoms with E-state index in [1.165, 1.54) is 17.3 Å². The number of rotatable bonds is 4. The fraction of sp³-hybridized carbons (Fsp3) is 0.200. The molecule has 0 bridgehead atoms. The molecule has 2 aromatic heterocycles. The summed E-state index contributed by atoms with van der Waals surface area (Å²) in [4.78, 5) is 19.9. The van der Waals surface area contributed by atoms with E-state index in [0.29, 0.717) is 17.0 Å². The molecule has 0 amide bonds. The van der Waals surface area contributed by atoms with Crippen molar-refractivity contribution in [3.05, 3.63) is 75.6 Å². The summed E-state index contributed by atoms with van der Waals surface area (Å²) < 4.78 is 1.97. The summed E-state index contributed by atoms with van der Waals surface area (Å²) in [6, 6.07) is 11.9. The van der Waals surface area contributed by atoms with Gasteiger partial charge in [-0.05, 0) is 49.6 Å². The Hall–Kier alpha value is -2.93. The lowest BCUT2D eigenvalue weighted by Gasteiger charge is -2.10. The molecule has 0 saturated carbocycles. The van der Waals surface area contributed by atoms with Crippen molar-refractivity contribution in [2.45, 2.75) is 31.7 Å². The molecular formula is C20H19N5OS. The Kier molecular flexibility index (Phi) is 4.53. The molecule has 0 fully saturated rings. The van der Waals surface area contributed by atoms with Gasteiger partial charge in [-0.2, -0.15) is 0 Å². The smallest absolute Gasteiger partial charge is 0.258 e. The van der Waals surface area contributed by atoms with E-state index in [1.807, 2.05) is 23.6 Å². The van der Waals surface area contributed by atoms with E-state index >= 15 is 0 Å². The maximum atomic E-state index is 12.3. The number of aryl methyl sites for hydroxylation is 3. The molecule has 4 rings (SSSR count). The van der Waals surface area contributed by atoms with Crippen LogP contribution in [-0.4, -0.2) is 24.7 Å². The molecule has 0 saturated heterocycles. The molecule has 27 heavy (non-hydrogen) atoms. The largest absolute Gasteiger partial charge is 0.309 e. The van der Waals surface area contributed by atoms with E-state index < -0.39 is 0 Å². The number of benzene rings is 2. The molecular weight excluding hydrogens is 358 g/mol. The monoisotopic (exact) mass is 377 g/mol. The zero-order valence-electron chi connectivity index (χ0n) is 15.4. The second-order valence-corrected chi connectivity index (χ2v) is 7.49. The summed E-state index contributed by atoms with van der Waals surface area (Å²) in [5.74, 6) is 1.13. The van der Waals surface area contributed by atoms with Gasteiger partial charge in [0.05, 0.1) is 22.3 Å². The first-order chi connectivity index (χ1) is 13.0. The minimum absolute atomic E-state index is 0.115. The van der Waals surface area contributed by atoms with Gasteiger partial charge in [0.25, 0.3) is 5.56 Å². The van der Waals surface area contributed by atoms with Crippen LogP contribution in [0.2, 0.25) is 0 Å². The maximum absolute atomic E-state index is 12.3. The van der Waals surface area contributed by atoms with Crippen LogP contribution in [0.25, 0.3) is 16.6 Å². The van der Waals surface area contributed by atoms with Crippen molar-refractivity contribution in [1.82, 2.24) is 24.7 Å². The average molecular weight is 377 g/mol. The minimum atomic E-state index is -0.115. The number of thioether (sulfide) groups is 1. The van der Waals surface area contributed by atoms with E-state index in [1.54, 1.807) is 12.4 Å². The number of hydrogen-bond donors (Lipinski definition) is 1. The van der Waals surface area contributed by atoms with Crippen LogP contribution in [0.4, 0.5) is 0 Å². The van der Waals surface area contributed by atoms with Crippen LogP contribution in [0.3, 0.4) is 0 Å². The van der Waals surface area contributed by atoms with Crippen molar-refractivity contribution in [3.63, 3.8) is 0 Å². The number of H-pyrrole nitrogens is 1. The Morgan fingerprint density at radius 2 is 1.96 bits per heavy atom. The molecule has 136 valence electrons. The fourth-order valence-corrected chi connectivity index (χ4v) is 3.81. The normalized spacial score (nSPS) is 11.2. The van der Waals surface area contributed by atoms with Crippen molar-refractivity contribution in [1.29, 1.82) is 0 Å². The summed E-state index contributed by atoms with van der Waals surface area (Å²) in [6.07, 6.45) is 1.71. The highest BCUT2D eigenvalue weighted by molar-refractivity contribution is 7.98. The number of nitrogens with zero attached hydrogens (tertiary/aromatic N) is 4. The molecule has 0 spiro atoms. The summed E-state index contributed by atoms with van der Waals surface area (Å²) in [5.41, 5.74) is 5.00. The molecule has 1 N–H and O–H groups in total. The van der Waals surface area contributed by atoms with E-state index in [2.05, 4.69) is 52.2 Å². The molecule has 0 aliphatic carbocycles. The third-order valence-electron chi connectivity index (χ3n) is 4.47. The molecule has 7 heteroatoms. The third kappa shape index (κ3) is 3.38. The maximum Gasteiger partial charge on any atom is 0.258 e. The van der Waals surface area contributed by atoms with Crippen molar-refractivity contribution >= 4 is 22.7 Å². The molecule has 0 atom stereocenters. The number of hydrogen-bond acceptors (Lipinski definition) is 5. The van der Waals surface area contributed by atoms with Gasteiger partial charge in [0.15, 0.2) is 5.16 Å². The lowest BCUT2D eigenvalue weighted by Crippen LogP contribution is -2.12. The van der Waals surface area contributed by atoms with Crippen molar-refractivity contribution in [2.75, 3.05) is 0 Å². The Balaban J connectivity index is 1.65. The molecule has 2 aromatic carbocycles. The van der Waals surface area contributed by atoms with Crippen molar-refractivity contribution < 1.29 is 0 Å². The minimum Gasteiger partial charge on any atom is -0.309 e. The number of aromatic nitrogens is 5. The predicted octanol–water partition coefficient (Wildman–Crippen LogP) is 3.72. The van der Waals surface area contributed by atoms with E-state index in [0.717, 1.165) is 27.5 Å². The summed E-state index contributed by atoms with van der Waals surface area (Å²) in [6.45, 7) is 6.09. The van der Waals surface area contributed by atoms with Crippen LogP contribution < -0.4 is 5.56 Å². The molecule has 6 nitrogen and oxygen atoms in total. The summed E-state index contributed by atoms with van der Waals surface area (Å²) in [5, 5.41) is 9.67. The quantitative estimate of drug-likeness (QED) is 0.549. The standard InChI is InChI=1S/C20H19N5OS/c1-12-7-8-13(2)16(9-12)25-11-21-24-20(25)27-10-17-22-18-14(3)5-4-6-15(18)19(26)23-17/h4-9,11H,10H2,1-3H3,(H,22,23,26). The highest BCUT2D eigenvalue weighted by atomic mass is 32.2. The van der Waals surface area contributed by atoms with E-state index in [9.17, 15) is 4.79 Å². The van der Waals surface area contributed by atoms with Crippen molar-refractivity contribution in [3.8, 4) is 5.69 Å². The highest BCUT2D eigenvalue weighted by Gasteiger charge is 2.12. The van der Waals surface area contributed by atoms with Gasteiger partial charge in [0.2, 0.25) is 0 Å². The number of aromatic amines is 1. The second kappa shape index (κ2) is 7.00. The van der Waals surface area contributed by atoms with Crippen LogP contribution in [0.5, 0.6) is 0 Å². The molecule has 4 aromatic rings. The molecule has 2 heterocycles. The van der Waals surface area contributed by atoms with E-state index in [-0.39, 0.29) is 5.56 Å². The number of nitrogens with one attached hydrogen (secondary N) is 1. The third-order valence-corrected chi connectivity index (χ3v) is 5.42. The topological polar surface area (TPSA) is 76.5 Å². The Morgan fingerprint density at radius 3 is 2.81 bits per heavy atom. The molecule has 0 radical (unpaired) electrons. The van der Waals surface area contributed by atoms with Gasteiger partial charge in [-0.25, -0.2) is 4.98 Å². The zero-order chi connectivity index (χ0) is 19.0. The number of para-hydroxylation sites is 1. The summed E-state index contributed by atoms with van der Waals surface area (Å²) >= 11 is 1.50. The van der Waals surface area contributed by atoms with Gasteiger partial charge in [0.1, 0.15) is 12.2 Å². The van der Waals surface area contributed by atoms with Crippen LogP contribution >= 0.6 is 11.8 Å². The average Bonchev–Trinajstić information content (AvgIpc) is 3.11. The number of fused-ring (bicyclic) bond motifs is 1. The van der Waals surface area contributed by atoms with Crippen LogP contribution in [-0.2, 0) is 5.75 Å². The lowest BCUT2D eigenvalue weighted by molar-refractivity contribution is 0.874. The molecule has 0 unspecified atom stereocenters. The van der Waals surface area contributed by atoms with Gasteiger partial charge in [-0.3, -0.25) is 9.36 Å². The van der Waals surface area contributed by atoms with Crippen LogP contribution in [0, 0.1) is 20.8 Å². The second-order valence-electron chi connectivity index (χ2n) is 6.55. The Bertz CT molecular complexity index is 1190. The van der Waals surface area contributed by atoms with Crippen LogP contribution in [0.1, 0.15) is 22.5 Å². The van der Waals surface area contributed by atoms with E-state index in [4.69, 9.17) is 0 Å². The van der Waals surface area contributed by atoms with Gasteiger partial charge in [-0.15, -0.1) is 10.2 Å². The lowest BCUT2D eigenvalue weighted by atomic mass is 10.1. The zero-order valence-corrected chi connectivity index (χ0v) is 16.2. The Morgan fingerprint density at radius 1 is 1.11 bits per heavy atom. The predicted molar refractivity (Wildman–Crippen MR) is 107 cm³/mol. The summed E-state index contributed by atoms with van der Waals surface area (Å²) in [7, 11) is 0. The van der Waals surface area contributed by atoms with Gasteiger partial charge >= 0.3 is 0 Å². The highest BCUT2D eigenvalue weighted by Crippen LogP contribution is 2.25. The van der Waals surface area contributed by atoms with Gasteiger partial charge in [0, 0.05) is 0 Å². The first-order valence-electron chi connectivity index (χ1n) is 8.62. The van der Waals surface area contributed by atoms with Gasteiger partial charge < -0.3 is 4.98 Å². The fourth-order valence-electron chi connectivity index (χ4n) is 3.02. The molecule has 0 aliphatic heterocycles. The SMILES string of the molecule is Cc1ccc(C)c(-n2cnnc2SCc2nc3c(C)cccc3c(=O)[nH]2)c1. The Labute approximate surface area is 160 Å². The van der Waals surface area contributed by atoms with Crippen LogP contribution in [0.15, 0.2) is 52.7 Å². The molecule has 0 aliphatic rings. The first kappa shape index (κ1) is 17.5. The van der Waals surface area contributed by atoms with Crippen molar-refractivity contribution in [2.24, 2.45) is 0 Å². The first-order valence-corrected chi connectivity index (χ1v) is 9.60.